The normalized spacial score (nSPS) is 15.9. The predicted molar refractivity (Wildman–Crippen MR) is 62.5 cm³/mol. The molecule has 1 unspecified atom stereocenters. The zero-order valence-corrected chi connectivity index (χ0v) is 10.6. The number of nitrogens with one attached hydrogen (secondary N) is 1. The van der Waals surface area contributed by atoms with Gasteiger partial charge in [-0.05, 0) is 24.7 Å². The maximum Gasteiger partial charge on any atom is 0.220 e. The lowest BCUT2D eigenvalue weighted by molar-refractivity contribution is -0.122. The SMILES string of the molecule is CC(CC(=O)NC[C@H](C)O)CC(C)(C)C. The molecule has 0 aromatic carbocycles. The molecule has 0 spiro atoms. The highest BCUT2D eigenvalue weighted by molar-refractivity contribution is 5.76. The summed E-state index contributed by atoms with van der Waals surface area (Å²) in [5, 5.41) is 11.7. The van der Waals surface area contributed by atoms with E-state index in [0.29, 0.717) is 18.9 Å². The summed E-state index contributed by atoms with van der Waals surface area (Å²) < 4.78 is 0. The van der Waals surface area contributed by atoms with E-state index in [1.807, 2.05) is 0 Å². The molecule has 0 aromatic heterocycles. The lowest BCUT2D eigenvalue weighted by atomic mass is 9.84. The van der Waals surface area contributed by atoms with Crippen LogP contribution in [0, 0.1) is 11.3 Å². The summed E-state index contributed by atoms with van der Waals surface area (Å²) in [6.45, 7) is 10.6. The van der Waals surface area contributed by atoms with E-state index in [-0.39, 0.29) is 11.3 Å². The molecule has 0 saturated heterocycles. The van der Waals surface area contributed by atoms with Crippen LogP contribution in [0.2, 0.25) is 0 Å². The third-order valence-corrected chi connectivity index (χ3v) is 2.09. The third-order valence-electron chi connectivity index (χ3n) is 2.09. The van der Waals surface area contributed by atoms with E-state index >= 15 is 0 Å². The van der Waals surface area contributed by atoms with Gasteiger partial charge in [0.05, 0.1) is 6.10 Å². The maximum absolute atomic E-state index is 11.4. The second-order valence-electron chi connectivity index (χ2n) is 5.73. The van der Waals surface area contributed by atoms with E-state index in [4.69, 9.17) is 5.11 Å². The van der Waals surface area contributed by atoms with Crippen LogP contribution in [0.15, 0.2) is 0 Å². The molecular weight excluding hydrogens is 190 g/mol. The zero-order valence-electron chi connectivity index (χ0n) is 10.6. The van der Waals surface area contributed by atoms with Crippen molar-refractivity contribution in [2.45, 2.75) is 53.6 Å². The topological polar surface area (TPSA) is 49.3 Å². The molecule has 2 atom stereocenters. The Morgan fingerprint density at radius 1 is 1.33 bits per heavy atom. The first-order valence-corrected chi connectivity index (χ1v) is 5.65. The van der Waals surface area contributed by atoms with Crippen LogP contribution >= 0.6 is 0 Å². The van der Waals surface area contributed by atoms with Gasteiger partial charge in [0.2, 0.25) is 5.91 Å². The highest BCUT2D eigenvalue weighted by atomic mass is 16.3. The van der Waals surface area contributed by atoms with Crippen molar-refractivity contribution in [3.05, 3.63) is 0 Å². The molecule has 0 heterocycles. The lowest BCUT2D eigenvalue weighted by Crippen LogP contribution is -2.31. The monoisotopic (exact) mass is 215 g/mol. The fourth-order valence-corrected chi connectivity index (χ4v) is 1.77. The molecule has 0 bridgehead atoms. The Bertz CT molecular complexity index is 194. The molecule has 3 heteroatoms. The van der Waals surface area contributed by atoms with E-state index < -0.39 is 6.10 Å². The van der Waals surface area contributed by atoms with Gasteiger partial charge in [-0.2, -0.15) is 0 Å². The van der Waals surface area contributed by atoms with Crippen LogP contribution in [0.5, 0.6) is 0 Å². The van der Waals surface area contributed by atoms with Gasteiger partial charge in [-0.15, -0.1) is 0 Å². The first-order chi connectivity index (χ1) is 6.70. The lowest BCUT2D eigenvalue weighted by Gasteiger charge is -2.22. The Morgan fingerprint density at radius 3 is 2.27 bits per heavy atom. The van der Waals surface area contributed by atoms with Gasteiger partial charge in [0.15, 0.2) is 0 Å². The largest absolute Gasteiger partial charge is 0.392 e. The van der Waals surface area contributed by atoms with Gasteiger partial charge in [-0.1, -0.05) is 27.7 Å². The number of aliphatic hydroxyl groups is 1. The van der Waals surface area contributed by atoms with Crippen molar-refractivity contribution < 1.29 is 9.90 Å². The molecule has 0 fully saturated rings. The number of hydrogen-bond acceptors (Lipinski definition) is 2. The summed E-state index contributed by atoms with van der Waals surface area (Å²) in [6.07, 6.45) is 1.12. The number of aliphatic hydroxyl groups excluding tert-OH is 1. The average molecular weight is 215 g/mol. The Morgan fingerprint density at radius 2 is 1.87 bits per heavy atom. The zero-order chi connectivity index (χ0) is 12.1. The molecule has 0 aliphatic carbocycles. The minimum atomic E-state index is -0.466. The van der Waals surface area contributed by atoms with Crippen molar-refractivity contribution in [2.75, 3.05) is 6.54 Å². The van der Waals surface area contributed by atoms with Crippen molar-refractivity contribution in [1.82, 2.24) is 5.32 Å². The number of carbonyl (C=O) groups excluding carboxylic acids is 1. The number of carbonyl (C=O) groups is 1. The molecular formula is C12H25NO2. The minimum Gasteiger partial charge on any atom is -0.392 e. The average Bonchev–Trinajstić information content (AvgIpc) is 1.96. The third kappa shape index (κ3) is 9.73. The number of amides is 1. The fraction of sp³-hybridized carbons (Fsp3) is 0.917. The minimum absolute atomic E-state index is 0.0349. The molecule has 15 heavy (non-hydrogen) atoms. The first kappa shape index (κ1) is 14.4. The van der Waals surface area contributed by atoms with E-state index in [9.17, 15) is 4.79 Å². The second-order valence-corrected chi connectivity index (χ2v) is 5.73. The second kappa shape index (κ2) is 6.11. The molecule has 3 nitrogen and oxygen atoms in total. The predicted octanol–water partition coefficient (Wildman–Crippen LogP) is 1.95. The van der Waals surface area contributed by atoms with Crippen LogP contribution in [0.1, 0.15) is 47.5 Å². The van der Waals surface area contributed by atoms with Crippen molar-refractivity contribution in [1.29, 1.82) is 0 Å². The maximum atomic E-state index is 11.4. The van der Waals surface area contributed by atoms with Gasteiger partial charge in [-0.3, -0.25) is 4.79 Å². The molecule has 0 aliphatic heterocycles. The van der Waals surface area contributed by atoms with Gasteiger partial charge < -0.3 is 10.4 Å². The van der Waals surface area contributed by atoms with E-state index in [0.717, 1.165) is 6.42 Å². The fourth-order valence-electron chi connectivity index (χ4n) is 1.77. The van der Waals surface area contributed by atoms with Crippen LogP contribution < -0.4 is 5.32 Å². The highest BCUT2D eigenvalue weighted by Crippen LogP contribution is 2.25. The summed E-state index contributed by atoms with van der Waals surface area (Å²) >= 11 is 0. The first-order valence-electron chi connectivity index (χ1n) is 5.65. The van der Waals surface area contributed by atoms with Gasteiger partial charge in [0.1, 0.15) is 0 Å². The van der Waals surface area contributed by atoms with Crippen molar-refractivity contribution in [2.24, 2.45) is 11.3 Å². The van der Waals surface area contributed by atoms with Gasteiger partial charge in [0.25, 0.3) is 0 Å². The summed E-state index contributed by atoms with van der Waals surface area (Å²) in [4.78, 5) is 11.4. The molecule has 2 N–H and O–H groups in total. The number of rotatable bonds is 5. The van der Waals surface area contributed by atoms with Crippen LogP contribution in [-0.4, -0.2) is 23.7 Å². The van der Waals surface area contributed by atoms with Crippen LogP contribution in [0.3, 0.4) is 0 Å². The molecule has 0 saturated carbocycles. The summed E-state index contributed by atoms with van der Waals surface area (Å²) in [7, 11) is 0. The van der Waals surface area contributed by atoms with Gasteiger partial charge in [-0.25, -0.2) is 0 Å². The molecule has 0 aliphatic rings. The standard InChI is InChI=1S/C12H25NO2/c1-9(7-12(3,4)5)6-11(15)13-8-10(2)14/h9-10,14H,6-8H2,1-5H3,(H,13,15)/t9?,10-/m0/s1. The van der Waals surface area contributed by atoms with Crippen molar-refractivity contribution in [3.63, 3.8) is 0 Å². The van der Waals surface area contributed by atoms with E-state index in [1.54, 1.807) is 6.92 Å². The van der Waals surface area contributed by atoms with Crippen LogP contribution in [0.4, 0.5) is 0 Å². The molecule has 90 valence electrons. The van der Waals surface area contributed by atoms with Crippen LogP contribution in [-0.2, 0) is 4.79 Å². The molecule has 1 amide bonds. The Hall–Kier alpha value is -0.570. The quantitative estimate of drug-likeness (QED) is 0.736. The summed E-state index contributed by atoms with van der Waals surface area (Å²) in [5.74, 6) is 0.423. The smallest absolute Gasteiger partial charge is 0.220 e. The van der Waals surface area contributed by atoms with Gasteiger partial charge in [0, 0.05) is 13.0 Å². The molecule has 0 aromatic rings. The van der Waals surface area contributed by atoms with E-state index in [1.165, 1.54) is 0 Å². The molecule has 0 rings (SSSR count). The van der Waals surface area contributed by atoms with Crippen molar-refractivity contribution >= 4 is 5.91 Å². The molecule has 0 radical (unpaired) electrons. The Balaban J connectivity index is 3.77. The summed E-state index contributed by atoms with van der Waals surface area (Å²) in [5.41, 5.74) is 0.268. The van der Waals surface area contributed by atoms with Crippen molar-refractivity contribution in [3.8, 4) is 0 Å². The Labute approximate surface area is 93.3 Å². The highest BCUT2D eigenvalue weighted by Gasteiger charge is 2.17. The number of hydrogen-bond donors (Lipinski definition) is 2. The Kier molecular flexibility index (Phi) is 5.88. The van der Waals surface area contributed by atoms with Crippen LogP contribution in [0.25, 0.3) is 0 Å². The van der Waals surface area contributed by atoms with E-state index in [2.05, 4.69) is 33.0 Å². The van der Waals surface area contributed by atoms with Gasteiger partial charge >= 0.3 is 0 Å². The summed E-state index contributed by atoms with van der Waals surface area (Å²) in [6, 6.07) is 0.